The lowest BCUT2D eigenvalue weighted by atomic mass is 9.78. The molecule has 144 valence electrons. The van der Waals surface area contributed by atoms with Gasteiger partial charge in [0.1, 0.15) is 6.04 Å². The average molecular weight is 381 g/mol. The first kappa shape index (κ1) is 19.3. The topological polar surface area (TPSA) is 66.9 Å². The van der Waals surface area contributed by atoms with E-state index in [2.05, 4.69) is 26.8 Å². The average Bonchev–Trinajstić information content (AvgIpc) is 3.15. The van der Waals surface area contributed by atoms with Gasteiger partial charge in [0.15, 0.2) is 0 Å². The van der Waals surface area contributed by atoms with E-state index in [1.807, 2.05) is 18.2 Å². The van der Waals surface area contributed by atoms with Crippen molar-refractivity contribution in [2.24, 2.45) is 5.41 Å². The summed E-state index contributed by atoms with van der Waals surface area (Å²) in [7, 11) is -1.93. The van der Waals surface area contributed by atoms with Crippen molar-refractivity contribution in [3.8, 4) is 0 Å². The van der Waals surface area contributed by atoms with Crippen LogP contribution in [0.15, 0.2) is 24.3 Å². The predicted molar refractivity (Wildman–Crippen MR) is 102 cm³/mol. The first-order chi connectivity index (χ1) is 12.0. The second kappa shape index (κ2) is 6.62. The summed E-state index contributed by atoms with van der Waals surface area (Å²) in [5.41, 5.74) is 2.05. The Bertz CT molecular complexity index is 800. The molecule has 0 spiro atoms. The zero-order chi connectivity index (χ0) is 19.3. The largest absolute Gasteiger partial charge is 0.380 e. The first-order valence-corrected chi connectivity index (χ1v) is 10.8. The molecule has 2 aliphatic heterocycles. The van der Waals surface area contributed by atoms with Gasteiger partial charge in [0, 0.05) is 38.2 Å². The highest BCUT2D eigenvalue weighted by atomic mass is 32.2. The standard InChI is InChI=1S/C19H28N2O4S/c1-19(2,3)15-12-20(16-9-7-6-8-14(15)16)18(22)17-10-13(25-4)11-21(17)26(5,23)24/h6-9,13,15,17H,10-12H2,1-5H3/t13-,15?,17+/m0/s1. The Kier molecular flexibility index (Phi) is 4.92. The third kappa shape index (κ3) is 3.40. The highest BCUT2D eigenvalue weighted by Gasteiger charge is 2.46. The quantitative estimate of drug-likeness (QED) is 0.806. The number of carbonyl (C=O) groups is 1. The predicted octanol–water partition coefficient (Wildman–Crippen LogP) is 2.21. The number of carbonyl (C=O) groups excluding carboxylic acids is 1. The van der Waals surface area contributed by atoms with E-state index in [0.717, 1.165) is 17.5 Å². The molecular weight excluding hydrogens is 352 g/mol. The van der Waals surface area contributed by atoms with E-state index in [9.17, 15) is 13.2 Å². The Labute approximate surface area is 156 Å². The molecule has 3 atom stereocenters. The van der Waals surface area contributed by atoms with Crippen LogP contribution < -0.4 is 4.90 Å². The van der Waals surface area contributed by atoms with Crippen LogP contribution in [0.2, 0.25) is 0 Å². The fourth-order valence-electron chi connectivity index (χ4n) is 4.07. The number of amides is 1. The van der Waals surface area contributed by atoms with Crippen LogP contribution in [-0.2, 0) is 19.6 Å². The number of benzene rings is 1. The molecule has 0 aromatic heterocycles. The lowest BCUT2D eigenvalue weighted by molar-refractivity contribution is -0.121. The van der Waals surface area contributed by atoms with Crippen molar-refractivity contribution in [3.63, 3.8) is 0 Å². The molecule has 3 rings (SSSR count). The number of hydrogen-bond donors (Lipinski definition) is 0. The van der Waals surface area contributed by atoms with Crippen LogP contribution in [-0.4, -0.2) is 57.2 Å². The molecule has 1 saturated heterocycles. The third-order valence-corrected chi connectivity index (χ3v) is 6.80. The number of nitrogens with zero attached hydrogens (tertiary/aromatic N) is 2. The number of fused-ring (bicyclic) bond motifs is 1. The normalized spacial score (nSPS) is 27.0. The monoisotopic (exact) mass is 380 g/mol. The second-order valence-electron chi connectivity index (χ2n) is 8.37. The molecule has 0 radical (unpaired) electrons. The molecule has 2 aliphatic rings. The minimum absolute atomic E-state index is 0.00634. The van der Waals surface area contributed by atoms with E-state index in [4.69, 9.17) is 4.74 Å². The van der Waals surface area contributed by atoms with Crippen LogP contribution in [0.1, 0.15) is 38.7 Å². The van der Waals surface area contributed by atoms with Crippen LogP contribution >= 0.6 is 0 Å². The van der Waals surface area contributed by atoms with Crippen molar-refractivity contribution in [2.75, 3.05) is 31.4 Å². The summed E-state index contributed by atoms with van der Waals surface area (Å²) >= 11 is 0. The summed E-state index contributed by atoms with van der Waals surface area (Å²) in [6, 6.07) is 7.23. The van der Waals surface area contributed by atoms with Crippen molar-refractivity contribution in [1.82, 2.24) is 4.31 Å². The maximum absolute atomic E-state index is 13.4. The van der Waals surface area contributed by atoms with Gasteiger partial charge in [-0.1, -0.05) is 39.0 Å². The van der Waals surface area contributed by atoms with E-state index < -0.39 is 16.1 Å². The Morgan fingerprint density at radius 1 is 1.19 bits per heavy atom. The van der Waals surface area contributed by atoms with Crippen LogP contribution in [0.3, 0.4) is 0 Å². The Morgan fingerprint density at radius 2 is 1.85 bits per heavy atom. The number of para-hydroxylation sites is 1. The Hall–Kier alpha value is -1.44. The van der Waals surface area contributed by atoms with Crippen molar-refractivity contribution >= 4 is 21.6 Å². The van der Waals surface area contributed by atoms with Crippen molar-refractivity contribution < 1.29 is 17.9 Å². The summed E-state index contributed by atoms with van der Waals surface area (Å²) < 4.78 is 31.0. The maximum atomic E-state index is 13.4. The lowest BCUT2D eigenvalue weighted by Gasteiger charge is -2.29. The molecule has 2 heterocycles. The van der Waals surface area contributed by atoms with Gasteiger partial charge in [-0.15, -0.1) is 0 Å². The summed E-state index contributed by atoms with van der Waals surface area (Å²) in [6.45, 7) is 7.31. The van der Waals surface area contributed by atoms with Crippen LogP contribution in [0.5, 0.6) is 0 Å². The molecule has 0 saturated carbocycles. The zero-order valence-corrected chi connectivity index (χ0v) is 16.9. The Morgan fingerprint density at radius 3 is 2.42 bits per heavy atom. The van der Waals surface area contributed by atoms with Crippen LogP contribution in [0.25, 0.3) is 0 Å². The minimum Gasteiger partial charge on any atom is -0.380 e. The Balaban J connectivity index is 1.95. The molecule has 26 heavy (non-hydrogen) atoms. The maximum Gasteiger partial charge on any atom is 0.245 e. The van der Waals surface area contributed by atoms with Crippen molar-refractivity contribution in [2.45, 2.75) is 45.3 Å². The van der Waals surface area contributed by atoms with Gasteiger partial charge < -0.3 is 9.64 Å². The lowest BCUT2D eigenvalue weighted by Crippen LogP contribution is -2.47. The van der Waals surface area contributed by atoms with Crippen molar-refractivity contribution in [3.05, 3.63) is 29.8 Å². The number of ether oxygens (including phenoxy) is 1. The third-order valence-electron chi connectivity index (χ3n) is 5.54. The zero-order valence-electron chi connectivity index (χ0n) is 16.1. The van der Waals surface area contributed by atoms with E-state index in [1.54, 1.807) is 12.0 Å². The minimum atomic E-state index is -3.48. The van der Waals surface area contributed by atoms with Gasteiger partial charge in [0.25, 0.3) is 0 Å². The number of sulfonamides is 1. The molecule has 1 unspecified atom stereocenters. The highest BCUT2D eigenvalue weighted by Crippen LogP contribution is 2.46. The molecule has 0 aliphatic carbocycles. The number of hydrogen-bond acceptors (Lipinski definition) is 4. The summed E-state index contributed by atoms with van der Waals surface area (Å²) in [4.78, 5) is 15.1. The second-order valence-corrected chi connectivity index (χ2v) is 10.3. The highest BCUT2D eigenvalue weighted by molar-refractivity contribution is 7.88. The molecule has 1 aromatic carbocycles. The number of methoxy groups -OCH3 is 1. The summed E-state index contributed by atoms with van der Waals surface area (Å²) in [6.07, 6.45) is 1.29. The van der Waals surface area contributed by atoms with Gasteiger partial charge in [0.05, 0.1) is 12.4 Å². The molecule has 1 aromatic rings. The van der Waals surface area contributed by atoms with Crippen LogP contribution in [0, 0.1) is 5.41 Å². The molecule has 6 nitrogen and oxygen atoms in total. The smallest absolute Gasteiger partial charge is 0.245 e. The summed E-state index contributed by atoms with van der Waals surface area (Å²) in [5.74, 6) is 0.0585. The molecular formula is C19H28N2O4S. The first-order valence-electron chi connectivity index (χ1n) is 8.94. The van der Waals surface area contributed by atoms with Gasteiger partial charge in [0.2, 0.25) is 15.9 Å². The molecule has 1 amide bonds. The fraction of sp³-hybridized carbons (Fsp3) is 0.632. The van der Waals surface area contributed by atoms with E-state index in [-0.39, 0.29) is 29.9 Å². The van der Waals surface area contributed by atoms with Crippen molar-refractivity contribution in [1.29, 1.82) is 0 Å². The molecule has 0 bridgehead atoms. The van der Waals surface area contributed by atoms with Gasteiger partial charge in [-0.3, -0.25) is 4.79 Å². The van der Waals surface area contributed by atoms with E-state index >= 15 is 0 Å². The van der Waals surface area contributed by atoms with E-state index in [0.29, 0.717) is 13.0 Å². The fourth-order valence-corrected chi connectivity index (χ4v) is 5.14. The van der Waals surface area contributed by atoms with Gasteiger partial charge in [-0.05, 0) is 17.0 Å². The van der Waals surface area contributed by atoms with E-state index in [1.165, 1.54) is 4.31 Å². The molecule has 7 heteroatoms. The molecule has 1 fully saturated rings. The number of rotatable bonds is 3. The van der Waals surface area contributed by atoms with Gasteiger partial charge >= 0.3 is 0 Å². The van der Waals surface area contributed by atoms with Gasteiger partial charge in [-0.25, -0.2) is 8.42 Å². The van der Waals surface area contributed by atoms with Gasteiger partial charge in [-0.2, -0.15) is 4.31 Å². The van der Waals surface area contributed by atoms with Crippen LogP contribution in [0.4, 0.5) is 5.69 Å². The number of anilines is 1. The molecule has 0 N–H and O–H groups in total. The SMILES string of the molecule is CO[C@H]1C[C@H](C(=O)N2CC(C(C)(C)C)c3ccccc32)N(S(C)(=O)=O)C1. The summed E-state index contributed by atoms with van der Waals surface area (Å²) in [5, 5.41) is 0.